The van der Waals surface area contributed by atoms with Crippen LogP contribution in [-0.4, -0.2) is 37.8 Å². The molecule has 0 fully saturated rings. The number of carbonyl (C=O) groups excluding carboxylic acids is 1. The third-order valence-electron chi connectivity index (χ3n) is 3.30. The highest BCUT2D eigenvalue weighted by Crippen LogP contribution is 2.28. The summed E-state index contributed by atoms with van der Waals surface area (Å²) in [6, 6.07) is 3.99. The number of aromatic nitrogens is 3. The molecule has 1 aromatic heterocycles. The van der Waals surface area contributed by atoms with Crippen LogP contribution in [0.4, 0.5) is 0 Å². The Morgan fingerprint density at radius 2 is 1.96 bits per heavy atom. The first-order valence-electron chi connectivity index (χ1n) is 7.26. The predicted octanol–water partition coefficient (Wildman–Crippen LogP) is 2.87. The number of nitrogens with zero attached hydrogens (tertiary/aromatic N) is 3. The zero-order valence-corrected chi connectivity index (χ0v) is 14.6. The molecule has 128 valence electrons. The lowest BCUT2D eigenvalue weighted by atomic mass is 10.1. The van der Waals surface area contributed by atoms with Gasteiger partial charge in [0.1, 0.15) is 17.6 Å². The van der Waals surface area contributed by atoms with Gasteiger partial charge in [-0.3, -0.25) is 4.79 Å². The van der Waals surface area contributed by atoms with E-state index in [4.69, 9.17) is 28.3 Å². The molecule has 24 heavy (non-hydrogen) atoms. The van der Waals surface area contributed by atoms with Crippen LogP contribution in [0.1, 0.15) is 36.2 Å². The van der Waals surface area contributed by atoms with Crippen molar-refractivity contribution in [3.63, 3.8) is 0 Å². The summed E-state index contributed by atoms with van der Waals surface area (Å²) >= 11 is 12.3. The molecule has 1 aromatic carbocycles. The third kappa shape index (κ3) is 3.85. The largest absolute Gasteiger partial charge is 0.480 e. The number of aliphatic carboxylic acids is 1. The van der Waals surface area contributed by atoms with Crippen molar-refractivity contribution < 1.29 is 14.7 Å². The Morgan fingerprint density at radius 3 is 2.50 bits per heavy atom. The van der Waals surface area contributed by atoms with Crippen LogP contribution in [0.2, 0.25) is 10.0 Å². The molecule has 0 bridgehead atoms. The van der Waals surface area contributed by atoms with Crippen LogP contribution in [0.5, 0.6) is 0 Å². The first-order valence-corrected chi connectivity index (χ1v) is 8.02. The van der Waals surface area contributed by atoms with Gasteiger partial charge in [-0.2, -0.15) is 0 Å². The van der Waals surface area contributed by atoms with Crippen LogP contribution in [0.25, 0.3) is 5.69 Å². The SMILES string of the molecule is CCCC(NC(=O)c1nc(C)n(-c2c(Cl)cccc2Cl)n1)C(=O)O. The van der Waals surface area contributed by atoms with Crippen molar-refractivity contribution in [2.75, 3.05) is 0 Å². The molecule has 7 nitrogen and oxygen atoms in total. The molecular weight excluding hydrogens is 355 g/mol. The molecule has 0 aliphatic carbocycles. The number of hydrogen-bond acceptors (Lipinski definition) is 4. The zero-order valence-electron chi connectivity index (χ0n) is 13.1. The zero-order chi connectivity index (χ0) is 17.9. The van der Waals surface area contributed by atoms with E-state index >= 15 is 0 Å². The number of carboxylic acid groups (broad SMARTS) is 1. The summed E-state index contributed by atoms with van der Waals surface area (Å²) in [5.41, 5.74) is 0.410. The third-order valence-corrected chi connectivity index (χ3v) is 3.91. The summed E-state index contributed by atoms with van der Waals surface area (Å²) < 4.78 is 1.36. The Labute approximate surface area is 148 Å². The van der Waals surface area contributed by atoms with Gasteiger partial charge in [-0.05, 0) is 25.5 Å². The molecule has 0 saturated heterocycles. The van der Waals surface area contributed by atoms with Gasteiger partial charge in [-0.15, -0.1) is 5.10 Å². The van der Waals surface area contributed by atoms with Gasteiger partial charge in [0.15, 0.2) is 0 Å². The van der Waals surface area contributed by atoms with Crippen LogP contribution in [0.15, 0.2) is 18.2 Å². The van der Waals surface area contributed by atoms with E-state index in [2.05, 4.69) is 15.4 Å². The van der Waals surface area contributed by atoms with Crippen molar-refractivity contribution in [3.05, 3.63) is 39.9 Å². The average molecular weight is 371 g/mol. The maximum atomic E-state index is 12.2. The molecule has 0 aliphatic rings. The average Bonchev–Trinajstić information content (AvgIpc) is 2.88. The summed E-state index contributed by atoms with van der Waals surface area (Å²) in [5, 5.41) is 16.3. The van der Waals surface area contributed by atoms with E-state index in [1.807, 2.05) is 6.92 Å². The summed E-state index contributed by atoms with van der Waals surface area (Å²) in [6.45, 7) is 3.47. The van der Waals surface area contributed by atoms with E-state index in [1.54, 1.807) is 25.1 Å². The van der Waals surface area contributed by atoms with Crippen LogP contribution < -0.4 is 5.32 Å². The maximum absolute atomic E-state index is 12.2. The number of nitrogens with one attached hydrogen (secondary N) is 1. The topological polar surface area (TPSA) is 97.1 Å². The molecule has 2 rings (SSSR count). The number of carbonyl (C=O) groups is 2. The summed E-state index contributed by atoms with van der Waals surface area (Å²) in [7, 11) is 0. The highest BCUT2D eigenvalue weighted by atomic mass is 35.5. The van der Waals surface area contributed by atoms with Crippen molar-refractivity contribution in [1.82, 2.24) is 20.1 Å². The fraction of sp³-hybridized carbons (Fsp3) is 0.333. The van der Waals surface area contributed by atoms with Crippen molar-refractivity contribution in [2.45, 2.75) is 32.7 Å². The van der Waals surface area contributed by atoms with Crippen LogP contribution in [-0.2, 0) is 4.79 Å². The van der Waals surface area contributed by atoms with Crippen molar-refractivity contribution in [3.8, 4) is 5.69 Å². The fourth-order valence-electron chi connectivity index (χ4n) is 2.16. The Hall–Kier alpha value is -2.12. The number of halogens is 2. The van der Waals surface area contributed by atoms with Gasteiger partial charge < -0.3 is 10.4 Å². The lowest BCUT2D eigenvalue weighted by molar-refractivity contribution is -0.139. The summed E-state index contributed by atoms with van der Waals surface area (Å²) in [4.78, 5) is 27.4. The van der Waals surface area contributed by atoms with E-state index in [-0.39, 0.29) is 5.82 Å². The smallest absolute Gasteiger partial charge is 0.326 e. The number of rotatable bonds is 6. The van der Waals surface area contributed by atoms with E-state index in [1.165, 1.54) is 4.68 Å². The van der Waals surface area contributed by atoms with Crippen LogP contribution >= 0.6 is 23.2 Å². The van der Waals surface area contributed by atoms with Gasteiger partial charge in [-0.1, -0.05) is 42.6 Å². The minimum absolute atomic E-state index is 0.147. The monoisotopic (exact) mass is 370 g/mol. The second kappa shape index (κ2) is 7.63. The second-order valence-corrected chi connectivity index (χ2v) is 5.93. The molecule has 0 radical (unpaired) electrons. The lowest BCUT2D eigenvalue weighted by Gasteiger charge is -2.11. The molecule has 0 spiro atoms. The summed E-state index contributed by atoms with van der Waals surface area (Å²) in [6.07, 6.45) is 0.935. The van der Waals surface area contributed by atoms with Gasteiger partial charge in [-0.25, -0.2) is 14.5 Å². The number of para-hydroxylation sites is 1. The first-order chi connectivity index (χ1) is 11.3. The van der Waals surface area contributed by atoms with Crippen molar-refractivity contribution in [1.29, 1.82) is 0 Å². The Balaban J connectivity index is 2.31. The number of amides is 1. The van der Waals surface area contributed by atoms with Gasteiger partial charge >= 0.3 is 5.97 Å². The molecule has 1 unspecified atom stereocenters. The van der Waals surface area contributed by atoms with Crippen LogP contribution in [0.3, 0.4) is 0 Å². The molecule has 1 amide bonds. The molecule has 1 heterocycles. The number of aryl methyl sites for hydroxylation is 1. The summed E-state index contributed by atoms with van der Waals surface area (Å²) in [5.74, 6) is -1.51. The van der Waals surface area contributed by atoms with Gasteiger partial charge in [0.2, 0.25) is 5.82 Å². The Morgan fingerprint density at radius 1 is 1.33 bits per heavy atom. The van der Waals surface area contributed by atoms with Gasteiger partial charge in [0.05, 0.1) is 10.0 Å². The standard InChI is InChI=1S/C15H16Cl2N4O3/c1-3-5-11(15(23)24)19-14(22)13-18-8(2)21(20-13)12-9(16)6-4-7-10(12)17/h4,6-7,11H,3,5H2,1-2H3,(H,19,22)(H,23,24). The van der Waals surface area contributed by atoms with E-state index in [0.29, 0.717) is 34.4 Å². The fourth-order valence-corrected chi connectivity index (χ4v) is 2.72. The number of benzene rings is 1. The minimum atomic E-state index is -1.10. The molecule has 2 N–H and O–H groups in total. The minimum Gasteiger partial charge on any atom is -0.480 e. The predicted molar refractivity (Wildman–Crippen MR) is 89.9 cm³/mol. The molecular formula is C15H16Cl2N4O3. The Kier molecular flexibility index (Phi) is 5.80. The Bertz CT molecular complexity index is 756. The molecule has 9 heteroatoms. The van der Waals surface area contributed by atoms with Crippen molar-refractivity contribution >= 4 is 35.1 Å². The van der Waals surface area contributed by atoms with Gasteiger partial charge in [0.25, 0.3) is 5.91 Å². The number of carboxylic acids is 1. The van der Waals surface area contributed by atoms with E-state index in [9.17, 15) is 9.59 Å². The normalized spacial score (nSPS) is 12.0. The maximum Gasteiger partial charge on any atom is 0.326 e. The highest BCUT2D eigenvalue weighted by molar-refractivity contribution is 6.37. The quantitative estimate of drug-likeness (QED) is 0.814. The molecule has 1 atom stereocenters. The number of hydrogen-bond donors (Lipinski definition) is 2. The molecule has 0 saturated carbocycles. The molecule has 0 aliphatic heterocycles. The first kappa shape index (κ1) is 18.2. The lowest BCUT2D eigenvalue weighted by Crippen LogP contribution is -2.41. The highest BCUT2D eigenvalue weighted by Gasteiger charge is 2.23. The van der Waals surface area contributed by atoms with E-state index < -0.39 is 17.9 Å². The van der Waals surface area contributed by atoms with Crippen LogP contribution in [0, 0.1) is 6.92 Å². The van der Waals surface area contributed by atoms with Gasteiger partial charge in [0, 0.05) is 0 Å². The van der Waals surface area contributed by atoms with E-state index in [0.717, 1.165) is 0 Å². The second-order valence-electron chi connectivity index (χ2n) is 5.12. The molecule has 2 aromatic rings. The van der Waals surface area contributed by atoms with Crippen molar-refractivity contribution in [2.24, 2.45) is 0 Å².